The van der Waals surface area contributed by atoms with E-state index in [-0.39, 0.29) is 35.3 Å². The Morgan fingerprint density at radius 2 is 1.76 bits per heavy atom. The van der Waals surface area contributed by atoms with E-state index in [9.17, 15) is 4.79 Å². The van der Waals surface area contributed by atoms with Crippen LogP contribution in [0, 0.1) is 5.41 Å². The summed E-state index contributed by atoms with van der Waals surface area (Å²) in [6.07, 6.45) is 4.13. The molecule has 1 saturated carbocycles. The van der Waals surface area contributed by atoms with Crippen LogP contribution in [0.5, 0.6) is 0 Å². The van der Waals surface area contributed by atoms with Crippen LogP contribution in [0.15, 0.2) is 29.3 Å². The van der Waals surface area contributed by atoms with E-state index in [2.05, 4.69) is 60.8 Å². The largest absolute Gasteiger partial charge is 0.357 e. The van der Waals surface area contributed by atoms with Crippen molar-refractivity contribution >= 4 is 35.8 Å². The molecule has 0 aromatic heterocycles. The first-order valence-electron chi connectivity index (χ1n) is 10.3. The van der Waals surface area contributed by atoms with Gasteiger partial charge in [0, 0.05) is 33.7 Å². The molecule has 0 unspecified atom stereocenters. The van der Waals surface area contributed by atoms with Gasteiger partial charge in [-0.15, -0.1) is 24.0 Å². The minimum absolute atomic E-state index is 0. The molecule has 0 bridgehead atoms. The lowest BCUT2D eigenvalue weighted by molar-refractivity contribution is -0.138. The third kappa shape index (κ3) is 7.77. The van der Waals surface area contributed by atoms with E-state index in [1.165, 1.54) is 11.1 Å². The van der Waals surface area contributed by atoms with Gasteiger partial charge in [-0.1, -0.05) is 37.1 Å². The first-order valence-corrected chi connectivity index (χ1v) is 10.3. The molecule has 164 valence electrons. The van der Waals surface area contributed by atoms with E-state index in [0.717, 1.165) is 44.7 Å². The summed E-state index contributed by atoms with van der Waals surface area (Å²) in [7, 11) is 7.85. The van der Waals surface area contributed by atoms with Crippen LogP contribution in [0.4, 0.5) is 0 Å². The van der Waals surface area contributed by atoms with E-state index < -0.39 is 0 Å². The van der Waals surface area contributed by atoms with Crippen molar-refractivity contribution in [3.8, 4) is 0 Å². The summed E-state index contributed by atoms with van der Waals surface area (Å²) in [5.74, 6) is 1.00. The van der Waals surface area contributed by atoms with Crippen LogP contribution in [0.1, 0.15) is 43.7 Å². The number of guanidine groups is 1. The van der Waals surface area contributed by atoms with E-state index in [0.29, 0.717) is 13.1 Å². The van der Waals surface area contributed by atoms with Crippen LogP contribution in [-0.4, -0.2) is 62.9 Å². The van der Waals surface area contributed by atoms with E-state index in [1.54, 1.807) is 4.90 Å². The molecule has 2 rings (SSSR count). The molecule has 1 aliphatic carbocycles. The number of rotatable bonds is 8. The Kier molecular flexibility index (Phi) is 11.0. The van der Waals surface area contributed by atoms with Gasteiger partial charge in [-0.05, 0) is 45.0 Å². The molecular formula is C22H38IN5O. The highest BCUT2D eigenvalue weighted by Crippen LogP contribution is 2.38. The fourth-order valence-electron chi connectivity index (χ4n) is 3.95. The smallest absolute Gasteiger partial charge is 0.230 e. The Balaban J connectivity index is 0.00000420. The van der Waals surface area contributed by atoms with Crippen LogP contribution < -0.4 is 10.6 Å². The summed E-state index contributed by atoms with van der Waals surface area (Å²) in [5, 5.41) is 6.75. The fraction of sp³-hybridized carbons (Fsp3) is 0.636. The van der Waals surface area contributed by atoms with Gasteiger partial charge in [-0.3, -0.25) is 4.79 Å². The molecule has 0 atom stereocenters. The average Bonchev–Trinajstić information content (AvgIpc) is 3.13. The third-order valence-corrected chi connectivity index (χ3v) is 5.27. The van der Waals surface area contributed by atoms with Crippen LogP contribution in [0.3, 0.4) is 0 Å². The Labute approximate surface area is 193 Å². The quantitative estimate of drug-likeness (QED) is 0.318. The number of carbonyl (C=O) groups excluding carboxylic acids is 1. The molecule has 0 aliphatic heterocycles. The number of hydrogen-bond donors (Lipinski definition) is 2. The van der Waals surface area contributed by atoms with Crippen molar-refractivity contribution in [2.24, 2.45) is 10.4 Å². The molecule has 1 aromatic carbocycles. The Bertz CT molecular complexity index is 669. The zero-order valence-corrected chi connectivity index (χ0v) is 21.0. The van der Waals surface area contributed by atoms with Crippen molar-refractivity contribution in [1.82, 2.24) is 20.4 Å². The van der Waals surface area contributed by atoms with Gasteiger partial charge < -0.3 is 20.4 Å². The van der Waals surface area contributed by atoms with Crippen LogP contribution in [0.25, 0.3) is 0 Å². The standard InChI is InChI=1S/C22H37N5O.HI/c1-6-23-21(24-15-18-10-9-11-19(14-18)16-26(2)3)25-17-22(12-7-8-13-22)20(28)27(4)5;/h9-11,14H,6-8,12-13,15-17H2,1-5H3,(H2,23,24,25);1H. The SMILES string of the molecule is CCNC(=NCc1cccc(CN(C)C)c1)NCC1(C(=O)N(C)C)CCCC1.I. The number of nitrogens with zero attached hydrogens (tertiary/aromatic N) is 3. The minimum atomic E-state index is -0.300. The second-order valence-electron chi connectivity index (χ2n) is 8.29. The van der Waals surface area contributed by atoms with E-state index in [1.807, 2.05) is 14.1 Å². The summed E-state index contributed by atoms with van der Waals surface area (Å²) >= 11 is 0. The second kappa shape index (κ2) is 12.4. The predicted octanol–water partition coefficient (Wildman–Crippen LogP) is 3.07. The Morgan fingerprint density at radius 3 is 2.34 bits per heavy atom. The zero-order valence-electron chi connectivity index (χ0n) is 18.6. The average molecular weight is 515 g/mol. The molecule has 0 heterocycles. The van der Waals surface area contributed by atoms with E-state index in [4.69, 9.17) is 4.99 Å². The van der Waals surface area contributed by atoms with Crippen molar-refractivity contribution in [2.75, 3.05) is 41.3 Å². The van der Waals surface area contributed by atoms with Crippen LogP contribution >= 0.6 is 24.0 Å². The lowest BCUT2D eigenvalue weighted by Crippen LogP contribution is -2.49. The minimum Gasteiger partial charge on any atom is -0.357 e. The van der Waals surface area contributed by atoms with Gasteiger partial charge in [-0.2, -0.15) is 0 Å². The number of amides is 1. The van der Waals surface area contributed by atoms with Crippen molar-refractivity contribution in [3.63, 3.8) is 0 Å². The van der Waals surface area contributed by atoms with Gasteiger partial charge in [0.2, 0.25) is 5.91 Å². The fourth-order valence-corrected chi connectivity index (χ4v) is 3.95. The van der Waals surface area contributed by atoms with Crippen LogP contribution in [-0.2, 0) is 17.9 Å². The monoisotopic (exact) mass is 515 g/mol. The van der Waals surface area contributed by atoms with Gasteiger partial charge in [0.15, 0.2) is 5.96 Å². The number of nitrogens with one attached hydrogen (secondary N) is 2. The maximum Gasteiger partial charge on any atom is 0.230 e. The Hall–Kier alpha value is -1.35. The van der Waals surface area contributed by atoms with Crippen molar-refractivity contribution in [3.05, 3.63) is 35.4 Å². The first kappa shape index (κ1) is 25.7. The molecule has 6 nitrogen and oxygen atoms in total. The molecule has 1 fully saturated rings. The molecule has 29 heavy (non-hydrogen) atoms. The normalized spacial score (nSPS) is 15.7. The molecule has 1 amide bonds. The Morgan fingerprint density at radius 1 is 1.10 bits per heavy atom. The molecule has 1 aromatic rings. The van der Waals surface area contributed by atoms with Crippen molar-refractivity contribution in [1.29, 1.82) is 0 Å². The highest BCUT2D eigenvalue weighted by molar-refractivity contribution is 14.0. The van der Waals surface area contributed by atoms with Crippen molar-refractivity contribution in [2.45, 2.75) is 45.7 Å². The predicted molar refractivity (Wildman–Crippen MR) is 132 cm³/mol. The molecule has 0 saturated heterocycles. The molecule has 0 spiro atoms. The number of halogens is 1. The number of benzene rings is 1. The maximum atomic E-state index is 12.8. The summed E-state index contributed by atoms with van der Waals surface area (Å²) in [6, 6.07) is 8.56. The molecule has 0 radical (unpaired) electrons. The van der Waals surface area contributed by atoms with Crippen LogP contribution in [0.2, 0.25) is 0 Å². The lowest BCUT2D eigenvalue weighted by Gasteiger charge is -2.31. The third-order valence-electron chi connectivity index (χ3n) is 5.27. The zero-order chi connectivity index (χ0) is 20.6. The summed E-state index contributed by atoms with van der Waals surface area (Å²) < 4.78 is 0. The van der Waals surface area contributed by atoms with Gasteiger partial charge >= 0.3 is 0 Å². The number of carbonyl (C=O) groups is 1. The highest BCUT2D eigenvalue weighted by atomic mass is 127. The van der Waals surface area contributed by atoms with Crippen molar-refractivity contribution < 1.29 is 4.79 Å². The maximum absolute atomic E-state index is 12.8. The first-order chi connectivity index (χ1) is 13.4. The van der Waals surface area contributed by atoms with Gasteiger partial charge in [0.1, 0.15) is 0 Å². The number of aliphatic imine (C=N–C) groups is 1. The number of hydrogen-bond acceptors (Lipinski definition) is 3. The summed E-state index contributed by atoms with van der Waals surface area (Å²) in [5.41, 5.74) is 2.18. The molecule has 7 heteroatoms. The highest BCUT2D eigenvalue weighted by Gasteiger charge is 2.42. The summed E-state index contributed by atoms with van der Waals surface area (Å²) in [4.78, 5) is 21.4. The van der Waals surface area contributed by atoms with Gasteiger partial charge in [0.25, 0.3) is 0 Å². The van der Waals surface area contributed by atoms with Gasteiger partial charge in [-0.25, -0.2) is 4.99 Å². The van der Waals surface area contributed by atoms with Gasteiger partial charge in [0.05, 0.1) is 12.0 Å². The molecule has 2 N–H and O–H groups in total. The molecule has 1 aliphatic rings. The van der Waals surface area contributed by atoms with E-state index >= 15 is 0 Å². The molecular weight excluding hydrogens is 477 g/mol. The lowest BCUT2D eigenvalue weighted by atomic mass is 9.84. The summed E-state index contributed by atoms with van der Waals surface area (Å²) in [6.45, 7) is 5.03. The topological polar surface area (TPSA) is 60.0 Å². The second-order valence-corrected chi connectivity index (χ2v) is 8.29.